The average molecular weight is 257 g/mol. The van der Waals surface area contributed by atoms with Crippen LogP contribution in [0.4, 0.5) is 4.39 Å². The lowest BCUT2D eigenvalue weighted by atomic mass is 10.1. The Labute approximate surface area is 114 Å². The zero-order valence-electron chi connectivity index (χ0n) is 11.7. The molecule has 0 saturated carbocycles. The Morgan fingerprint density at radius 2 is 1.84 bits per heavy atom. The third kappa shape index (κ3) is 3.65. The SMILES string of the molecule is Cc1ccc(CN[C@H](C)c2cccc(F)c2)cc1C. The smallest absolute Gasteiger partial charge is 0.123 e. The summed E-state index contributed by atoms with van der Waals surface area (Å²) in [6.07, 6.45) is 0. The third-order valence-electron chi connectivity index (χ3n) is 3.53. The summed E-state index contributed by atoms with van der Waals surface area (Å²) in [7, 11) is 0. The molecular formula is C17H20FN. The van der Waals surface area contributed by atoms with Gasteiger partial charge in [-0.3, -0.25) is 0 Å². The van der Waals surface area contributed by atoms with Crippen molar-refractivity contribution >= 4 is 0 Å². The first kappa shape index (κ1) is 13.8. The van der Waals surface area contributed by atoms with Gasteiger partial charge in [0.2, 0.25) is 0 Å². The summed E-state index contributed by atoms with van der Waals surface area (Å²) in [5.41, 5.74) is 4.84. The molecule has 2 aromatic rings. The molecule has 100 valence electrons. The highest BCUT2D eigenvalue weighted by atomic mass is 19.1. The molecule has 0 spiro atoms. The molecule has 1 atom stereocenters. The number of aryl methyl sites for hydroxylation is 2. The molecule has 0 bridgehead atoms. The van der Waals surface area contributed by atoms with Crippen LogP contribution in [-0.2, 0) is 6.54 Å². The molecule has 1 nitrogen and oxygen atoms in total. The Balaban J connectivity index is 2.00. The van der Waals surface area contributed by atoms with Crippen molar-refractivity contribution in [3.05, 3.63) is 70.5 Å². The van der Waals surface area contributed by atoms with E-state index in [4.69, 9.17) is 0 Å². The highest BCUT2D eigenvalue weighted by Crippen LogP contribution is 2.15. The van der Waals surface area contributed by atoms with Crippen LogP contribution in [0.5, 0.6) is 0 Å². The highest BCUT2D eigenvalue weighted by molar-refractivity contribution is 5.30. The molecular weight excluding hydrogens is 237 g/mol. The van der Waals surface area contributed by atoms with E-state index in [1.807, 2.05) is 6.07 Å². The third-order valence-corrected chi connectivity index (χ3v) is 3.53. The van der Waals surface area contributed by atoms with Crippen LogP contribution in [0.15, 0.2) is 42.5 Å². The first-order chi connectivity index (χ1) is 9.06. The fraction of sp³-hybridized carbons (Fsp3) is 0.294. The van der Waals surface area contributed by atoms with E-state index in [0.717, 1.165) is 12.1 Å². The molecule has 19 heavy (non-hydrogen) atoms. The number of benzene rings is 2. The summed E-state index contributed by atoms with van der Waals surface area (Å²) in [4.78, 5) is 0. The van der Waals surface area contributed by atoms with Crippen molar-refractivity contribution in [1.82, 2.24) is 5.32 Å². The van der Waals surface area contributed by atoms with E-state index in [-0.39, 0.29) is 11.9 Å². The van der Waals surface area contributed by atoms with Gasteiger partial charge in [0.1, 0.15) is 5.82 Å². The molecule has 0 unspecified atom stereocenters. The van der Waals surface area contributed by atoms with Gasteiger partial charge in [-0.1, -0.05) is 30.3 Å². The zero-order chi connectivity index (χ0) is 13.8. The van der Waals surface area contributed by atoms with Gasteiger partial charge in [0.25, 0.3) is 0 Å². The normalized spacial score (nSPS) is 12.4. The number of hydrogen-bond donors (Lipinski definition) is 1. The largest absolute Gasteiger partial charge is 0.306 e. The van der Waals surface area contributed by atoms with Gasteiger partial charge < -0.3 is 5.32 Å². The number of halogens is 1. The maximum atomic E-state index is 13.2. The summed E-state index contributed by atoms with van der Waals surface area (Å²) >= 11 is 0. The van der Waals surface area contributed by atoms with Gasteiger partial charge in [-0.2, -0.15) is 0 Å². The summed E-state index contributed by atoms with van der Waals surface area (Å²) < 4.78 is 13.2. The van der Waals surface area contributed by atoms with Gasteiger partial charge in [0, 0.05) is 12.6 Å². The van der Waals surface area contributed by atoms with Gasteiger partial charge in [0.05, 0.1) is 0 Å². The molecule has 0 amide bonds. The minimum atomic E-state index is -0.183. The predicted molar refractivity (Wildman–Crippen MR) is 77.6 cm³/mol. The molecule has 2 heteroatoms. The van der Waals surface area contributed by atoms with Gasteiger partial charge in [0.15, 0.2) is 0 Å². The van der Waals surface area contributed by atoms with Crippen LogP contribution in [0.2, 0.25) is 0 Å². The van der Waals surface area contributed by atoms with Gasteiger partial charge in [-0.25, -0.2) is 4.39 Å². The molecule has 0 radical (unpaired) electrons. The molecule has 0 saturated heterocycles. The van der Waals surface area contributed by atoms with E-state index in [2.05, 4.69) is 44.3 Å². The Morgan fingerprint density at radius 3 is 2.53 bits per heavy atom. The molecule has 2 aromatic carbocycles. The lowest BCUT2D eigenvalue weighted by Crippen LogP contribution is -2.18. The van der Waals surface area contributed by atoms with Crippen molar-refractivity contribution in [2.75, 3.05) is 0 Å². The van der Waals surface area contributed by atoms with Crippen molar-refractivity contribution in [1.29, 1.82) is 0 Å². The second-order valence-electron chi connectivity index (χ2n) is 5.08. The minimum absolute atomic E-state index is 0.136. The topological polar surface area (TPSA) is 12.0 Å². The quantitative estimate of drug-likeness (QED) is 0.861. The molecule has 0 heterocycles. The van der Waals surface area contributed by atoms with Crippen molar-refractivity contribution < 1.29 is 4.39 Å². The fourth-order valence-corrected chi connectivity index (χ4v) is 2.08. The van der Waals surface area contributed by atoms with E-state index >= 15 is 0 Å². The molecule has 0 aliphatic heterocycles. The van der Waals surface area contributed by atoms with E-state index in [1.54, 1.807) is 12.1 Å². The number of rotatable bonds is 4. The Kier molecular flexibility index (Phi) is 4.33. The highest BCUT2D eigenvalue weighted by Gasteiger charge is 2.06. The van der Waals surface area contributed by atoms with Crippen LogP contribution in [-0.4, -0.2) is 0 Å². The molecule has 1 N–H and O–H groups in total. The van der Waals surface area contributed by atoms with Crippen molar-refractivity contribution in [3.8, 4) is 0 Å². The van der Waals surface area contributed by atoms with Crippen molar-refractivity contribution in [2.24, 2.45) is 0 Å². The van der Waals surface area contributed by atoms with Crippen LogP contribution >= 0.6 is 0 Å². The van der Waals surface area contributed by atoms with E-state index in [0.29, 0.717) is 0 Å². The Bertz CT molecular complexity index is 563. The summed E-state index contributed by atoms with van der Waals surface area (Å²) in [6, 6.07) is 13.3. The second kappa shape index (κ2) is 5.98. The molecule has 0 aromatic heterocycles. The van der Waals surface area contributed by atoms with Gasteiger partial charge in [-0.15, -0.1) is 0 Å². The summed E-state index contributed by atoms with van der Waals surface area (Å²) in [5.74, 6) is -0.183. The van der Waals surface area contributed by atoms with Crippen molar-refractivity contribution in [3.63, 3.8) is 0 Å². The second-order valence-corrected chi connectivity index (χ2v) is 5.08. The summed E-state index contributed by atoms with van der Waals surface area (Å²) in [6.45, 7) is 7.07. The standard InChI is InChI=1S/C17H20FN/c1-12-7-8-15(9-13(12)2)11-19-14(3)16-5-4-6-17(18)10-16/h4-10,14,19H,11H2,1-3H3/t14-/m1/s1. The number of hydrogen-bond acceptors (Lipinski definition) is 1. The first-order valence-electron chi connectivity index (χ1n) is 6.61. The van der Waals surface area contributed by atoms with Crippen LogP contribution in [0.3, 0.4) is 0 Å². The lowest BCUT2D eigenvalue weighted by molar-refractivity contribution is 0.565. The maximum Gasteiger partial charge on any atom is 0.123 e. The molecule has 0 aliphatic carbocycles. The molecule has 2 rings (SSSR count). The first-order valence-corrected chi connectivity index (χ1v) is 6.61. The summed E-state index contributed by atoms with van der Waals surface area (Å²) in [5, 5.41) is 3.42. The molecule has 0 fully saturated rings. The van der Waals surface area contributed by atoms with Gasteiger partial charge in [-0.05, 0) is 55.2 Å². The van der Waals surface area contributed by atoms with Crippen LogP contribution < -0.4 is 5.32 Å². The predicted octanol–water partition coefficient (Wildman–Crippen LogP) is 4.29. The monoisotopic (exact) mass is 257 g/mol. The van der Waals surface area contributed by atoms with Gasteiger partial charge >= 0.3 is 0 Å². The number of nitrogens with one attached hydrogen (secondary N) is 1. The van der Waals surface area contributed by atoms with Crippen LogP contribution in [0, 0.1) is 19.7 Å². The molecule has 0 aliphatic rings. The van der Waals surface area contributed by atoms with E-state index < -0.39 is 0 Å². The van der Waals surface area contributed by atoms with E-state index in [9.17, 15) is 4.39 Å². The lowest BCUT2D eigenvalue weighted by Gasteiger charge is -2.15. The van der Waals surface area contributed by atoms with Crippen LogP contribution in [0.25, 0.3) is 0 Å². The van der Waals surface area contributed by atoms with Crippen LogP contribution in [0.1, 0.15) is 35.2 Å². The Morgan fingerprint density at radius 1 is 1.05 bits per heavy atom. The van der Waals surface area contributed by atoms with Crippen molar-refractivity contribution in [2.45, 2.75) is 33.4 Å². The Hall–Kier alpha value is -1.67. The minimum Gasteiger partial charge on any atom is -0.306 e. The average Bonchev–Trinajstić information content (AvgIpc) is 2.40. The fourth-order valence-electron chi connectivity index (χ4n) is 2.08. The maximum absolute atomic E-state index is 13.2. The van der Waals surface area contributed by atoms with E-state index in [1.165, 1.54) is 22.8 Å². The zero-order valence-corrected chi connectivity index (χ0v) is 11.7.